The first-order valence-corrected chi connectivity index (χ1v) is 12.5. The van der Waals surface area contributed by atoms with E-state index in [1.54, 1.807) is 30.3 Å². The summed E-state index contributed by atoms with van der Waals surface area (Å²) in [4.78, 5) is 12.2. The van der Waals surface area contributed by atoms with E-state index in [2.05, 4.69) is 21.1 Å². The van der Waals surface area contributed by atoms with E-state index in [9.17, 15) is 4.79 Å². The molecule has 0 aliphatic carbocycles. The summed E-state index contributed by atoms with van der Waals surface area (Å²) in [5.41, 5.74) is 8.39. The number of rotatable bonds is 8. The molecule has 37 heavy (non-hydrogen) atoms. The van der Waals surface area contributed by atoms with Crippen molar-refractivity contribution in [2.45, 2.75) is 0 Å². The summed E-state index contributed by atoms with van der Waals surface area (Å²) in [6, 6.07) is 26.1. The van der Waals surface area contributed by atoms with Crippen LogP contribution in [0.3, 0.4) is 0 Å². The highest BCUT2D eigenvalue weighted by molar-refractivity contribution is 7.79. The summed E-state index contributed by atoms with van der Waals surface area (Å²) in [6.07, 6.45) is 6.45. The molecule has 0 saturated heterocycles. The van der Waals surface area contributed by atoms with Gasteiger partial charge in [-0.15, -0.1) is 0 Å². The zero-order valence-corrected chi connectivity index (χ0v) is 21.4. The maximum atomic E-state index is 12.2. The number of carbonyl (C=O) groups excluding carboxylic acids is 1. The van der Waals surface area contributed by atoms with Crippen LogP contribution >= 0.6 is 23.2 Å². The lowest BCUT2D eigenvalue weighted by Gasteiger charge is -2.03. The van der Waals surface area contributed by atoms with E-state index in [4.69, 9.17) is 40.7 Å². The largest absolute Gasteiger partial charge is 0.394 e. The molecule has 0 atom stereocenters. The number of hydrazone groups is 2. The Kier molecular flexibility index (Phi) is 12.2. The van der Waals surface area contributed by atoms with Crippen LogP contribution in [0.4, 0.5) is 5.69 Å². The Hall–Kier alpha value is -3.80. The topological polar surface area (TPSA) is 140 Å². The molecule has 3 rings (SSSR count). The van der Waals surface area contributed by atoms with E-state index in [1.165, 1.54) is 12.4 Å². The number of carbonyl (C=O) groups is 1. The van der Waals surface area contributed by atoms with Crippen LogP contribution in [0.15, 0.2) is 105 Å². The van der Waals surface area contributed by atoms with Crippen molar-refractivity contribution in [3.05, 3.63) is 112 Å². The van der Waals surface area contributed by atoms with Gasteiger partial charge in [-0.2, -0.15) is 18.6 Å². The van der Waals surface area contributed by atoms with Crippen molar-refractivity contribution >= 4 is 69.8 Å². The zero-order valence-electron chi connectivity index (χ0n) is 19.1. The van der Waals surface area contributed by atoms with Crippen LogP contribution in [0.25, 0.3) is 12.2 Å². The van der Waals surface area contributed by atoms with E-state index in [1.807, 2.05) is 66.7 Å². The van der Waals surface area contributed by atoms with Crippen LogP contribution in [0.5, 0.6) is 0 Å². The Labute approximate surface area is 224 Å². The SMILES string of the molecule is O=C(NN=CC(Cl)=Cc1ccccc1)c1ccc(N/N=C/C(Cl)=Cc2ccccc2)cc1.O=S(=O)(O)O. The van der Waals surface area contributed by atoms with E-state index in [0.717, 1.165) is 11.1 Å². The second kappa shape index (κ2) is 15.3. The summed E-state index contributed by atoms with van der Waals surface area (Å²) >= 11 is 12.3. The van der Waals surface area contributed by atoms with Gasteiger partial charge in [0.1, 0.15) is 0 Å². The summed E-state index contributed by atoms with van der Waals surface area (Å²) in [6.45, 7) is 0. The van der Waals surface area contributed by atoms with Crippen LogP contribution in [0.1, 0.15) is 21.5 Å². The standard InChI is InChI=1S/C25H20Cl2N4O.H2O4S/c26-22(15-19-7-3-1-4-8-19)17-28-30-24-13-11-21(12-14-24)25(32)31-29-18-23(27)16-20-9-5-2-6-10-20;1-5(2,3)4/h1-18,30H,(H,31,32);(H2,1,2,3,4)/b22-15?,23-16?,28-17+,29-18?;. The predicted octanol–water partition coefficient (Wildman–Crippen LogP) is 5.71. The third-order valence-corrected chi connectivity index (χ3v) is 4.50. The fourth-order valence-corrected chi connectivity index (χ4v) is 2.92. The van der Waals surface area contributed by atoms with Crippen molar-refractivity contribution in [3.8, 4) is 0 Å². The van der Waals surface area contributed by atoms with E-state index in [0.29, 0.717) is 21.3 Å². The minimum absolute atomic E-state index is 0.352. The molecule has 0 radical (unpaired) electrons. The molecule has 1 amide bonds. The van der Waals surface area contributed by atoms with Gasteiger partial charge in [-0.3, -0.25) is 19.3 Å². The molecule has 12 heteroatoms. The zero-order chi connectivity index (χ0) is 27.1. The van der Waals surface area contributed by atoms with Gasteiger partial charge in [-0.05, 0) is 47.5 Å². The van der Waals surface area contributed by atoms with Crippen molar-refractivity contribution in [2.24, 2.45) is 10.2 Å². The lowest BCUT2D eigenvalue weighted by atomic mass is 10.2. The number of allylic oxidation sites excluding steroid dienone is 2. The normalized spacial score (nSPS) is 12.2. The van der Waals surface area contributed by atoms with Gasteiger partial charge in [0.25, 0.3) is 5.91 Å². The lowest BCUT2D eigenvalue weighted by molar-refractivity contribution is 0.0955. The smallest absolute Gasteiger partial charge is 0.278 e. The fraction of sp³-hybridized carbons (Fsp3) is 0. The van der Waals surface area contributed by atoms with Gasteiger partial charge in [-0.1, -0.05) is 83.9 Å². The molecular formula is C25H22Cl2N4O5S. The highest BCUT2D eigenvalue weighted by Gasteiger charge is 2.03. The van der Waals surface area contributed by atoms with Crippen molar-refractivity contribution in [2.75, 3.05) is 5.43 Å². The molecule has 3 aromatic rings. The van der Waals surface area contributed by atoms with Gasteiger partial charge >= 0.3 is 10.4 Å². The molecule has 0 aliphatic heterocycles. The summed E-state index contributed by atoms with van der Waals surface area (Å²) in [7, 11) is -4.67. The molecule has 0 aliphatic rings. The molecule has 0 unspecified atom stereocenters. The van der Waals surface area contributed by atoms with Gasteiger partial charge in [0.2, 0.25) is 0 Å². The Morgan fingerprint density at radius 2 is 1.16 bits per heavy atom. The third-order valence-electron chi connectivity index (χ3n) is 4.09. The van der Waals surface area contributed by atoms with Crippen LogP contribution in [-0.4, -0.2) is 35.9 Å². The Bertz CT molecular complexity index is 1370. The van der Waals surface area contributed by atoms with E-state index in [-0.39, 0.29) is 5.91 Å². The summed E-state index contributed by atoms with van der Waals surface area (Å²) < 4.78 is 31.6. The Morgan fingerprint density at radius 3 is 1.62 bits per heavy atom. The number of hydrogen-bond acceptors (Lipinski definition) is 6. The molecular weight excluding hydrogens is 539 g/mol. The molecule has 0 spiro atoms. The van der Waals surface area contributed by atoms with Crippen LogP contribution in [0.2, 0.25) is 0 Å². The molecule has 4 N–H and O–H groups in total. The van der Waals surface area contributed by atoms with Crippen LogP contribution in [-0.2, 0) is 10.4 Å². The molecule has 0 aromatic heterocycles. The van der Waals surface area contributed by atoms with Crippen molar-refractivity contribution in [3.63, 3.8) is 0 Å². The maximum absolute atomic E-state index is 12.2. The Balaban J connectivity index is 0.000000877. The average Bonchev–Trinajstić information content (AvgIpc) is 2.84. The number of benzene rings is 3. The van der Waals surface area contributed by atoms with E-state index >= 15 is 0 Å². The van der Waals surface area contributed by atoms with E-state index < -0.39 is 10.4 Å². The predicted molar refractivity (Wildman–Crippen MR) is 149 cm³/mol. The third kappa shape index (κ3) is 13.8. The van der Waals surface area contributed by atoms with Crippen LogP contribution < -0.4 is 10.9 Å². The number of anilines is 1. The highest BCUT2D eigenvalue weighted by Crippen LogP contribution is 2.12. The molecule has 3 aromatic carbocycles. The monoisotopic (exact) mass is 560 g/mol. The summed E-state index contributed by atoms with van der Waals surface area (Å²) in [5.74, 6) is -0.352. The number of halogens is 2. The Morgan fingerprint density at radius 1 is 0.730 bits per heavy atom. The first-order chi connectivity index (χ1) is 17.6. The molecule has 192 valence electrons. The van der Waals surface area contributed by atoms with Crippen molar-refractivity contribution in [1.82, 2.24) is 5.43 Å². The first-order valence-electron chi connectivity index (χ1n) is 10.4. The minimum atomic E-state index is -4.67. The molecule has 0 fully saturated rings. The maximum Gasteiger partial charge on any atom is 0.394 e. The quantitative estimate of drug-likeness (QED) is 0.158. The molecule has 0 heterocycles. The van der Waals surface area contributed by atoms with Crippen molar-refractivity contribution < 1.29 is 22.3 Å². The van der Waals surface area contributed by atoms with Gasteiger partial charge in [0.15, 0.2) is 0 Å². The van der Waals surface area contributed by atoms with Gasteiger partial charge < -0.3 is 0 Å². The second-order valence-electron chi connectivity index (χ2n) is 6.97. The average molecular weight is 561 g/mol. The molecule has 9 nitrogen and oxygen atoms in total. The van der Waals surface area contributed by atoms with Gasteiger partial charge in [0.05, 0.1) is 28.2 Å². The lowest BCUT2D eigenvalue weighted by Crippen LogP contribution is -2.17. The number of amides is 1. The number of nitrogens with one attached hydrogen (secondary N) is 2. The number of nitrogens with zero attached hydrogens (tertiary/aromatic N) is 2. The fourth-order valence-electron chi connectivity index (χ4n) is 2.57. The molecule has 0 saturated carbocycles. The number of hydrogen-bond donors (Lipinski definition) is 4. The highest BCUT2D eigenvalue weighted by atomic mass is 35.5. The second-order valence-corrected chi connectivity index (χ2v) is 8.74. The van der Waals surface area contributed by atoms with Crippen molar-refractivity contribution in [1.29, 1.82) is 0 Å². The van der Waals surface area contributed by atoms with Gasteiger partial charge in [0, 0.05) is 5.56 Å². The molecule has 0 bridgehead atoms. The summed E-state index contributed by atoms with van der Waals surface area (Å²) in [5, 5.41) is 8.86. The van der Waals surface area contributed by atoms with Gasteiger partial charge in [-0.25, -0.2) is 5.43 Å². The minimum Gasteiger partial charge on any atom is -0.278 e. The first kappa shape index (κ1) is 29.4. The van der Waals surface area contributed by atoms with Crippen LogP contribution in [0, 0.1) is 0 Å².